The van der Waals surface area contributed by atoms with Gasteiger partial charge in [-0.2, -0.15) is 0 Å². The van der Waals surface area contributed by atoms with E-state index in [1.807, 2.05) is 44.2 Å². The van der Waals surface area contributed by atoms with Gasteiger partial charge < -0.3 is 19.7 Å². The predicted molar refractivity (Wildman–Crippen MR) is 180 cm³/mol. The van der Waals surface area contributed by atoms with E-state index in [9.17, 15) is 14.4 Å². The summed E-state index contributed by atoms with van der Waals surface area (Å²) in [5.41, 5.74) is 3.75. The van der Waals surface area contributed by atoms with E-state index < -0.39 is 6.04 Å². The van der Waals surface area contributed by atoms with E-state index in [0.29, 0.717) is 54.5 Å². The number of hydrogen-bond acceptors (Lipinski definition) is 7. The second-order valence-electron chi connectivity index (χ2n) is 12.5. The van der Waals surface area contributed by atoms with Crippen LogP contribution in [0, 0.1) is 5.92 Å². The lowest BCUT2D eigenvalue weighted by Gasteiger charge is -2.39. The van der Waals surface area contributed by atoms with Gasteiger partial charge in [-0.3, -0.25) is 24.2 Å². The first kappa shape index (κ1) is 33.0. The van der Waals surface area contributed by atoms with Gasteiger partial charge in [0, 0.05) is 45.2 Å². The maximum absolute atomic E-state index is 14.3. The molecule has 0 unspecified atom stereocenters. The Hall–Kier alpha value is -4.37. The Morgan fingerprint density at radius 2 is 1.54 bits per heavy atom. The standard InChI is InChI=1S/C37H46N4O5/c1-25(2)23-34(42)38-18-10-15-30(28-16-17-32(45-4)33(24-28)46-5)41-36(43)29-13-9-14-31(35(29)37(41)44)40-21-19-39(20-22-40)26(3)27-11-7-6-8-12-27/h6-9,11-14,16-17,24-26,30H,10,15,18-23H2,1-5H3,(H,38,42)/t26-,30-/m1/s1. The second-order valence-corrected chi connectivity index (χ2v) is 12.5. The highest BCUT2D eigenvalue weighted by Gasteiger charge is 2.43. The lowest BCUT2D eigenvalue weighted by atomic mass is 9.99. The van der Waals surface area contributed by atoms with Crippen LogP contribution in [-0.2, 0) is 4.79 Å². The summed E-state index contributed by atoms with van der Waals surface area (Å²) in [5.74, 6) is 0.760. The van der Waals surface area contributed by atoms with Crippen molar-refractivity contribution in [3.63, 3.8) is 0 Å². The van der Waals surface area contributed by atoms with E-state index in [1.54, 1.807) is 26.4 Å². The van der Waals surface area contributed by atoms with Crippen LogP contribution in [0.1, 0.15) is 84.0 Å². The van der Waals surface area contributed by atoms with E-state index in [1.165, 1.54) is 10.5 Å². The van der Waals surface area contributed by atoms with Crippen LogP contribution in [0.2, 0.25) is 0 Å². The summed E-state index contributed by atoms with van der Waals surface area (Å²) in [6.45, 7) is 9.91. The van der Waals surface area contributed by atoms with Crippen LogP contribution < -0.4 is 19.7 Å². The van der Waals surface area contributed by atoms with Gasteiger partial charge >= 0.3 is 0 Å². The van der Waals surface area contributed by atoms with Crippen LogP contribution in [0.15, 0.2) is 66.7 Å². The number of nitrogens with one attached hydrogen (secondary N) is 1. The molecule has 1 N–H and O–H groups in total. The molecule has 2 aliphatic rings. The van der Waals surface area contributed by atoms with Crippen molar-refractivity contribution in [3.8, 4) is 11.5 Å². The molecule has 244 valence electrons. The molecular formula is C37H46N4O5. The van der Waals surface area contributed by atoms with Crippen molar-refractivity contribution < 1.29 is 23.9 Å². The van der Waals surface area contributed by atoms with E-state index in [4.69, 9.17) is 9.47 Å². The number of carbonyl (C=O) groups excluding carboxylic acids is 3. The van der Waals surface area contributed by atoms with Gasteiger partial charge in [-0.05, 0) is 61.1 Å². The molecule has 0 spiro atoms. The van der Waals surface area contributed by atoms with Gasteiger partial charge in [0.1, 0.15) is 0 Å². The number of rotatable bonds is 13. The summed E-state index contributed by atoms with van der Waals surface area (Å²) >= 11 is 0. The van der Waals surface area contributed by atoms with Gasteiger partial charge in [0.25, 0.3) is 11.8 Å². The summed E-state index contributed by atoms with van der Waals surface area (Å²) in [5, 5.41) is 2.98. The molecule has 5 rings (SSSR count). The number of imide groups is 1. The van der Waals surface area contributed by atoms with Crippen molar-refractivity contribution in [3.05, 3.63) is 89.0 Å². The van der Waals surface area contributed by atoms with Crippen LogP contribution in [0.3, 0.4) is 0 Å². The lowest BCUT2D eigenvalue weighted by molar-refractivity contribution is -0.121. The molecule has 9 nitrogen and oxygen atoms in total. The van der Waals surface area contributed by atoms with Crippen molar-refractivity contribution in [2.24, 2.45) is 5.92 Å². The monoisotopic (exact) mass is 626 g/mol. The van der Waals surface area contributed by atoms with Gasteiger partial charge in [-0.15, -0.1) is 0 Å². The number of fused-ring (bicyclic) bond motifs is 1. The largest absolute Gasteiger partial charge is 0.493 e. The summed E-state index contributed by atoms with van der Waals surface area (Å²) < 4.78 is 11.0. The Morgan fingerprint density at radius 3 is 2.22 bits per heavy atom. The molecule has 46 heavy (non-hydrogen) atoms. The highest BCUT2D eigenvalue weighted by molar-refractivity contribution is 6.24. The summed E-state index contributed by atoms with van der Waals surface area (Å²) in [6, 6.07) is 21.3. The first-order chi connectivity index (χ1) is 22.2. The van der Waals surface area contributed by atoms with Crippen molar-refractivity contribution in [1.29, 1.82) is 0 Å². The zero-order chi connectivity index (χ0) is 32.8. The number of piperazine rings is 1. The van der Waals surface area contributed by atoms with Crippen LogP contribution in [0.5, 0.6) is 11.5 Å². The third-order valence-electron chi connectivity index (χ3n) is 9.08. The normalized spacial score (nSPS) is 16.4. The molecule has 0 aliphatic carbocycles. The highest BCUT2D eigenvalue weighted by atomic mass is 16.5. The van der Waals surface area contributed by atoms with E-state index >= 15 is 0 Å². The molecule has 1 saturated heterocycles. The molecule has 0 aromatic heterocycles. The fraction of sp³-hybridized carbons (Fsp3) is 0.432. The highest BCUT2D eigenvalue weighted by Crippen LogP contribution is 2.40. The minimum atomic E-state index is -0.550. The van der Waals surface area contributed by atoms with Gasteiger partial charge in [0.15, 0.2) is 11.5 Å². The molecule has 0 saturated carbocycles. The molecule has 0 bridgehead atoms. The number of amides is 3. The fourth-order valence-electron chi connectivity index (χ4n) is 6.60. The van der Waals surface area contributed by atoms with Gasteiger partial charge in [0.2, 0.25) is 5.91 Å². The molecule has 1 fully saturated rings. The number of carbonyl (C=O) groups is 3. The number of methoxy groups -OCH3 is 2. The molecular weight excluding hydrogens is 580 g/mol. The molecule has 0 radical (unpaired) electrons. The Kier molecular flexibility index (Phi) is 10.6. The predicted octanol–water partition coefficient (Wildman–Crippen LogP) is 5.87. The zero-order valence-corrected chi connectivity index (χ0v) is 27.6. The van der Waals surface area contributed by atoms with Crippen molar-refractivity contribution in [2.75, 3.05) is 51.8 Å². The zero-order valence-electron chi connectivity index (χ0n) is 27.6. The average molecular weight is 627 g/mol. The molecule has 3 amide bonds. The fourth-order valence-corrected chi connectivity index (χ4v) is 6.60. The maximum atomic E-state index is 14.3. The third-order valence-corrected chi connectivity index (χ3v) is 9.08. The molecule has 3 aromatic carbocycles. The van der Waals surface area contributed by atoms with Crippen molar-refractivity contribution in [1.82, 2.24) is 15.1 Å². The number of nitrogens with zero attached hydrogens (tertiary/aromatic N) is 3. The molecule has 2 atom stereocenters. The van der Waals surface area contributed by atoms with E-state index in [2.05, 4.69) is 46.3 Å². The molecule has 3 aromatic rings. The summed E-state index contributed by atoms with van der Waals surface area (Å²) in [4.78, 5) is 46.7. The van der Waals surface area contributed by atoms with Crippen LogP contribution in [0.25, 0.3) is 0 Å². The quantitative estimate of drug-likeness (QED) is 0.188. The molecule has 9 heteroatoms. The SMILES string of the molecule is COc1ccc([C@@H](CCCNC(=O)CC(C)C)N2C(=O)c3cccc(N4CCN([C@H](C)c5ccccc5)CC4)c3C2=O)cc1OC. The van der Waals surface area contributed by atoms with Gasteiger partial charge in [-0.25, -0.2) is 0 Å². The Balaban J connectivity index is 1.37. The minimum Gasteiger partial charge on any atom is -0.493 e. The van der Waals surface area contributed by atoms with Gasteiger partial charge in [0.05, 0.1) is 37.1 Å². The summed E-state index contributed by atoms with van der Waals surface area (Å²) in [7, 11) is 3.14. The topological polar surface area (TPSA) is 91.4 Å². The number of benzene rings is 3. The van der Waals surface area contributed by atoms with E-state index in [0.717, 1.165) is 37.4 Å². The van der Waals surface area contributed by atoms with Crippen LogP contribution >= 0.6 is 0 Å². The van der Waals surface area contributed by atoms with Gasteiger partial charge in [-0.1, -0.05) is 56.3 Å². The van der Waals surface area contributed by atoms with Crippen molar-refractivity contribution in [2.45, 2.75) is 52.1 Å². The Labute approximate surface area is 272 Å². The Morgan fingerprint density at radius 1 is 0.826 bits per heavy atom. The number of anilines is 1. The van der Waals surface area contributed by atoms with Crippen LogP contribution in [0.4, 0.5) is 5.69 Å². The molecule has 2 aliphatic heterocycles. The first-order valence-corrected chi connectivity index (χ1v) is 16.3. The average Bonchev–Trinajstić information content (AvgIpc) is 3.33. The maximum Gasteiger partial charge on any atom is 0.264 e. The Bertz CT molecular complexity index is 1530. The number of ether oxygens (including phenoxy) is 2. The number of hydrogen-bond donors (Lipinski definition) is 1. The smallest absolute Gasteiger partial charge is 0.264 e. The summed E-state index contributed by atoms with van der Waals surface area (Å²) in [6.07, 6.45) is 1.53. The molecule has 2 heterocycles. The van der Waals surface area contributed by atoms with Crippen molar-refractivity contribution >= 4 is 23.4 Å². The lowest BCUT2D eigenvalue weighted by Crippen LogP contribution is -2.47. The first-order valence-electron chi connectivity index (χ1n) is 16.3. The second kappa shape index (κ2) is 14.8. The minimum absolute atomic E-state index is 0.00120. The van der Waals surface area contributed by atoms with Crippen LogP contribution in [-0.4, -0.2) is 74.5 Å². The van der Waals surface area contributed by atoms with E-state index in [-0.39, 0.29) is 23.6 Å². The third kappa shape index (κ3) is 7.04.